The largest absolute Gasteiger partial charge is 0.391 e. The highest BCUT2D eigenvalue weighted by Gasteiger charge is 2.27. The molecular weight excluding hydrogens is 232 g/mol. The molecule has 2 unspecified atom stereocenters. The third-order valence-corrected chi connectivity index (χ3v) is 3.48. The average molecular weight is 250 g/mol. The smallest absolute Gasteiger partial charge is 0.250 e. The lowest BCUT2D eigenvalue weighted by Gasteiger charge is -2.34. The standard InChI is InChI=1S/C13H18N2O3/c1-10-5-7-15(8-11(10)16)13(18)9-14-6-3-2-4-12(14)17/h2-4,6,10-11,16H,5,7-9H2,1H3. The zero-order valence-electron chi connectivity index (χ0n) is 10.5. The monoisotopic (exact) mass is 250 g/mol. The van der Waals surface area contributed by atoms with Crippen LogP contribution in [-0.4, -0.2) is 39.7 Å². The molecule has 98 valence electrons. The molecule has 1 fully saturated rings. The highest BCUT2D eigenvalue weighted by molar-refractivity contribution is 5.76. The number of aromatic nitrogens is 1. The molecule has 1 aliphatic heterocycles. The van der Waals surface area contributed by atoms with Crippen LogP contribution in [0.15, 0.2) is 29.2 Å². The van der Waals surface area contributed by atoms with Crippen LogP contribution in [-0.2, 0) is 11.3 Å². The number of nitrogens with zero attached hydrogens (tertiary/aromatic N) is 2. The Morgan fingerprint density at radius 1 is 1.50 bits per heavy atom. The van der Waals surface area contributed by atoms with Gasteiger partial charge >= 0.3 is 0 Å². The summed E-state index contributed by atoms with van der Waals surface area (Å²) in [6.07, 6.45) is 1.94. The number of β-amino-alcohol motifs (C(OH)–C–C–N with tert-alkyl or cyclic N) is 1. The van der Waals surface area contributed by atoms with Crippen LogP contribution >= 0.6 is 0 Å². The van der Waals surface area contributed by atoms with E-state index >= 15 is 0 Å². The topological polar surface area (TPSA) is 62.5 Å². The minimum Gasteiger partial charge on any atom is -0.391 e. The van der Waals surface area contributed by atoms with E-state index in [1.165, 1.54) is 10.6 Å². The van der Waals surface area contributed by atoms with E-state index in [1.807, 2.05) is 6.92 Å². The maximum Gasteiger partial charge on any atom is 0.250 e. The number of carbonyl (C=O) groups excluding carboxylic acids is 1. The zero-order valence-corrected chi connectivity index (χ0v) is 10.5. The second kappa shape index (κ2) is 5.35. The van der Waals surface area contributed by atoms with E-state index in [9.17, 15) is 14.7 Å². The van der Waals surface area contributed by atoms with Gasteiger partial charge in [0, 0.05) is 25.4 Å². The molecule has 1 aromatic rings. The van der Waals surface area contributed by atoms with Gasteiger partial charge in [-0.05, 0) is 18.4 Å². The summed E-state index contributed by atoms with van der Waals surface area (Å²) in [5.41, 5.74) is -0.184. The van der Waals surface area contributed by atoms with Crippen LogP contribution in [0.4, 0.5) is 0 Å². The Labute approximate surface area is 106 Å². The fraction of sp³-hybridized carbons (Fsp3) is 0.538. The Kier molecular flexibility index (Phi) is 3.81. The predicted molar refractivity (Wildman–Crippen MR) is 67.1 cm³/mol. The van der Waals surface area contributed by atoms with Crippen molar-refractivity contribution >= 4 is 5.91 Å². The van der Waals surface area contributed by atoms with E-state index in [4.69, 9.17) is 0 Å². The van der Waals surface area contributed by atoms with Gasteiger partial charge in [0.1, 0.15) is 6.54 Å². The van der Waals surface area contributed by atoms with E-state index in [1.54, 1.807) is 23.2 Å². The number of hydrogen-bond donors (Lipinski definition) is 1. The quantitative estimate of drug-likeness (QED) is 0.808. The third kappa shape index (κ3) is 2.79. The summed E-state index contributed by atoms with van der Waals surface area (Å²) in [6.45, 7) is 3.04. The lowest BCUT2D eigenvalue weighted by atomic mass is 9.96. The molecule has 0 spiro atoms. The van der Waals surface area contributed by atoms with Crippen LogP contribution in [0.3, 0.4) is 0 Å². The molecule has 0 bridgehead atoms. The fourth-order valence-electron chi connectivity index (χ4n) is 2.11. The van der Waals surface area contributed by atoms with Crippen LogP contribution in [0, 0.1) is 5.92 Å². The molecule has 5 nitrogen and oxygen atoms in total. The number of pyridine rings is 1. The zero-order chi connectivity index (χ0) is 13.1. The SMILES string of the molecule is CC1CCN(C(=O)Cn2ccccc2=O)CC1O. The first-order valence-corrected chi connectivity index (χ1v) is 6.19. The van der Waals surface area contributed by atoms with Crippen molar-refractivity contribution in [2.75, 3.05) is 13.1 Å². The van der Waals surface area contributed by atoms with Crippen molar-refractivity contribution in [3.8, 4) is 0 Å². The van der Waals surface area contributed by atoms with Crippen LogP contribution in [0.1, 0.15) is 13.3 Å². The van der Waals surface area contributed by atoms with Gasteiger partial charge in [-0.3, -0.25) is 9.59 Å². The van der Waals surface area contributed by atoms with Gasteiger partial charge in [-0.25, -0.2) is 0 Å². The molecule has 0 radical (unpaired) electrons. The first-order chi connectivity index (χ1) is 8.58. The molecule has 5 heteroatoms. The molecule has 0 aliphatic carbocycles. The molecule has 0 aromatic carbocycles. The Morgan fingerprint density at radius 3 is 2.94 bits per heavy atom. The number of piperidine rings is 1. The van der Waals surface area contributed by atoms with Crippen molar-refractivity contribution < 1.29 is 9.90 Å². The third-order valence-electron chi connectivity index (χ3n) is 3.48. The summed E-state index contributed by atoms with van der Waals surface area (Å²) < 4.78 is 1.38. The molecule has 1 N–H and O–H groups in total. The van der Waals surface area contributed by atoms with Crippen molar-refractivity contribution in [3.05, 3.63) is 34.7 Å². The van der Waals surface area contributed by atoms with Crippen molar-refractivity contribution in [1.82, 2.24) is 9.47 Å². The van der Waals surface area contributed by atoms with Crippen LogP contribution in [0.25, 0.3) is 0 Å². The summed E-state index contributed by atoms with van der Waals surface area (Å²) >= 11 is 0. The molecule has 1 amide bonds. The molecule has 2 atom stereocenters. The van der Waals surface area contributed by atoms with Gasteiger partial charge < -0.3 is 14.6 Å². The Balaban J connectivity index is 2.01. The highest BCUT2D eigenvalue weighted by atomic mass is 16.3. The number of likely N-dealkylation sites (tertiary alicyclic amines) is 1. The van der Waals surface area contributed by atoms with Crippen molar-refractivity contribution in [3.63, 3.8) is 0 Å². The molecular formula is C13H18N2O3. The van der Waals surface area contributed by atoms with E-state index in [2.05, 4.69) is 0 Å². The predicted octanol–water partition coefficient (Wildman–Crippen LogP) is 0.0776. The summed E-state index contributed by atoms with van der Waals surface area (Å²) in [5, 5.41) is 9.76. The van der Waals surface area contributed by atoms with Crippen molar-refractivity contribution in [2.45, 2.75) is 26.0 Å². The minimum absolute atomic E-state index is 0.0424. The molecule has 1 aliphatic rings. The summed E-state index contributed by atoms with van der Waals surface area (Å²) in [6, 6.07) is 4.80. The Bertz CT molecular complexity index is 483. The molecule has 1 aromatic heterocycles. The second-order valence-electron chi connectivity index (χ2n) is 4.84. The van der Waals surface area contributed by atoms with E-state index < -0.39 is 6.10 Å². The lowest BCUT2D eigenvalue weighted by Crippen LogP contribution is -2.47. The van der Waals surface area contributed by atoms with E-state index in [0.717, 1.165) is 6.42 Å². The normalized spacial score (nSPS) is 24.0. The van der Waals surface area contributed by atoms with Crippen LogP contribution < -0.4 is 5.56 Å². The Hall–Kier alpha value is -1.62. The van der Waals surface area contributed by atoms with Gasteiger partial charge in [-0.15, -0.1) is 0 Å². The molecule has 18 heavy (non-hydrogen) atoms. The van der Waals surface area contributed by atoms with Gasteiger partial charge in [0.15, 0.2) is 0 Å². The number of carbonyl (C=O) groups is 1. The average Bonchev–Trinajstić information content (AvgIpc) is 2.35. The van der Waals surface area contributed by atoms with Gasteiger partial charge in [0.05, 0.1) is 6.10 Å². The molecule has 1 saturated heterocycles. The molecule has 2 heterocycles. The summed E-state index contributed by atoms with van der Waals surface area (Å²) in [5.74, 6) is 0.114. The van der Waals surface area contributed by atoms with Crippen LogP contribution in [0.2, 0.25) is 0 Å². The van der Waals surface area contributed by atoms with Gasteiger partial charge in [0.25, 0.3) is 5.56 Å². The maximum atomic E-state index is 12.0. The van der Waals surface area contributed by atoms with Gasteiger partial charge in [-0.1, -0.05) is 13.0 Å². The van der Waals surface area contributed by atoms with Crippen molar-refractivity contribution in [2.24, 2.45) is 5.92 Å². The minimum atomic E-state index is -0.463. The lowest BCUT2D eigenvalue weighted by molar-refractivity contribution is -0.136. The maximum absolute atomic E-state index is 12.0. The summed E-state index contributed by atoms with van der Waals surface area (Å²) in [4.78, 5) is 25.2. The molecule has 2 rings (SSSR count). The van der Waals surface area contributed by atoms with Gasteiger partial charge in [-0.2, -0.15) is 0 Å². The second-order valence-corrected chi connectivity index (χ2v) is 4.84. The van der Waals surface area contributed by atoms with Gasteiger partial charge in [0.2, 0.25) is 5.91 Å². The summed E-state index contributed by atoms with van der Waals surface area (Å²) in [7, 11) is 0. The Morgan fingerprint density at radius 2 is 2.28 bits per heavy atom. The molecule has 0 saturated carbocycles. The van der Waals surface area contributed by atoms with Crippen LogP contribution in [0.5, 0.6) is 0 Å². The number of hydrogen-bond acceptors (Lipinski definition) is 3. The number of rotatable bonds is 2. The first-order valence-electron chi connectivity index (χ1n) is 6.19. The van der Waals surface area contributed by atoms with E-state index in [-0.39, 0.29) is 23.9 Å². The van der Waals surface area contributed by atoms with Crippen molar-refractivity contribution in [1.29, 1.82) is 0 Å². The fourth-order valence-corrected chi connectivity index (χ4v) is 2.11. The van der Waals surface area contributed by atoms with E-state index in [0.29, 0.717) is 13.1 Å². The number of aliphatic hydroxyl groups is 1. The number of aliphatic hydroxyl groups excluding tert-OH is 1. The highest BCUT2D eigenvalue weighted by Crippen LogP contribution is 2.17. The number of amides is 1. The first kappa shape index (κ1) is 12.8.